The van der Waals surface area contributed by atoms with Crippen molar-refractivity contribution in [3.8, 4) is 17.4 Å². The maximum Gasteiger partial charge on any atom is 0.264 e. The number of rotatable bonds is 2. The molecule has 2 heterocycles. The van der Waals surface area contributed by atoms with E-state index in [9.17, 15) is 9.90 Å². The van der Waals surface area contributed by atoms with Crippen LogP contribution in [0.3, 0.4) is 0 Å². The van der Waals surface area contributed by atoms with Crippen molar-refractivity contribution >= 4 is 24.1 Å². The summed E-state index contributed by atoms with van der Waals surface area (Å²) in [5.74, 6) is 0.905. The Kier molecular flexibility index (Phi) is 2.99. The average molecular weight is 291 g/mol. The van der Waals surface area contributed by atoms with Crippen LogP contribution in [0, 0.1) is 4.77 Å². The van der Waals surface area contributed by atoms with Gasteiger partial charge in [0.05, 0.1) is 5.69 Å². The molecular weight excluding hydrogens is 282 g/mol. The van der Waals surface area contributed by atoms with Crippen LogP contribution in [-0.2, 0) is 0 Å². The topological polar surface area (TPSA) is 99.7 Å². The lowest BCUT2D eigenvalue weighted by atomic mass is 10.3. The molecule has 0 unspecified atom stereocenters. The lowest BCUT2D eigenvalue weighted by molar-refractivity contribution is 0.174. The molecule has 0 radical (unpaired) electrons. The van der Waals surface area contributed by atoms with Crippen molar-refractivity contribution in [2.45, 2.75) is 0 Å². The third kappa shape index (κ3) is 2.28. The van der Waals surface area contributed by atoms with Gasteiger partial charge in [-0.25, -0.2) is 0 Å². The fourth-order valence-electron chi connectivity index (χ4n) is 1.71. The molecule has 1 aliphatic rings. The molecule has 0 fully saturated rings. The zero-order valence-corrected chi connectivity index (χ0v) is 10.9. The molecule has 0 bridgehead atoms. The standard InChI is InChI=1S/C12H9N3O4S/c16-10-7(11(17)15-12(20)14-10)4-13-6-1-2-8-9(3-6)19-5-18-8/h1-4H,5H2,(H3,14,15,16,17,20). The van der Waals surface area contributed by atoms with Gasteiger partial charge in [0.15, 0.2) is 16.3 Å². The number of hydrogen-bond donors (Lipinski definition) is 3. The predicted molar refractivity (Wildman–Crippen MR) is 73.7 cm³/mol. The lowest BCUT2D eigenvalue weighted by Crippen LogP contribution is -2.13. The molecule has 7 nitrogen and oxygen atoms in total. The lowest BCUT2D eigenvalue weighted by Gasteiger charge is -1.99. The van der Waals surface area contributed by atoms with Gasteiger partial charge in [0.1, 0.15) is 5.56 Å². The Hall–Kier alpha value is -2.61. The van der Waals surface area contributed by atoms with Gasteiger partial charge in [0.25, 0.3) is 5.56 Å². The third-order valence-electron chi connectivity index (χ3n) is 2.66. The van der Waals surface area contributed by atoms with E-state index in [0.717, 1.165) is 0 Å². The number of aromatic nitrogens is 2. The number of aromatic hydroxyl groups is 1. The summed E-state index contributed by atoms with van der Waals surface area (Å²) >= 11 is 4.73. The highest BCUT2D eigenvalue weighted by molar-refractivity contribution is 7.71. The quantitative estimate of drug-likeness (QED) is 0.576. The van der Waals surface area contributed by atoms with Crippen molar-refractivity contribution in [2.24, 2.45) is 4.99 Å². The second-order valence-electron chi connectivity index (χ2n) is 3.97. The van der Waals surface area contributed by atoms with Crippen molar-refractivity contribution in [3.63, 3.8) is 0 Å². The van der Waals surface area contributed by atoms with E-state index in [2.05, 4.69) is 15.0 Å². The van der Waals surface area contributed by atoms with Crippen molar-refractivity contribution in [2.75, 3.05) is 6.79 Å². The first-order valence-corrected chi connectivity index (χ1v) is 6.03. The van der Waals surface area contributed by atoms with Crippen LogP contribution < -0.4 is 15.0 Å². The van der Waals surface area contributed by atoms with Gasteiger partial charge in [-0.1, -0.05) is 0 Å². The number of benzene rings is 1. The highest BCUT2D eigenvalue weighted by Crippen LogP contribution is 2.35. The van der Waals surface area contributed by atoms with Gasteiger partial charge < -0.3 is 19.6 Å². The van der Waals surface area contributed by atoms with Crippen LogP contribution in [0.15, 0.2) is 28.0 Å². The number of hydrogen-bond acceptors (Lipinski definition) is 6. The van der Waals surface area contributed by atoms with Gasteiger partial charge in [-0.3, -0.25) is 14.8 Å². The monoisotopic (exact) mass is 291 g/mol. The number of nitrogens with one attached hydrogen (secondary N) is 2. The summed E-state index contributed by atoms with van der Waals surface area (Å²) in [7, 11) is 0. The Bertz CT molecular complexity index is 809. The smallest absolute Gasteiger partial charge is 0.264 e. The second kappa shape index (κ2) is 4.82. The summed E-state index contributed by atoms with van der Waals surface area (Å²) in [4.78, 5) is 20.5. The van der Waals surface area contributed by atoms with Gasteiger partial charge in [0, 0.05) is 12.3 Å². The van der Waals surface area contributed by atoms with E-state index in [1.807, 2.05) is 0 Å². The first-order valence-electron chi connectivity index (χ1n) is 5.63. The molecule has 1 aromatic carbocycles. The zero-order chi connectivity index (χ0) is 14.1. The van der Waals surface area contributed by atoms with E-state index in [0.29, 0.717) is 17.2 Å². The third-order valence-corrected chi connectivity index (χ3v) is 2.86. The fraction of sp³-hybridized carbons (Fsp3) is 0.0833. The highest BCUT2D eigenvalue weighted by atomic mass is 32.1. The number of nitrogens with zero attached hydrogens (tertiary/aromatic N) is 1. The molecule has 1 aliphatic heterocycles. The van der Waals surface area contributed by atoms with Crippen molar-refractivity contribution in [3.05, 3.63) is 38.9 Å². The molecule has 3 N–H and O–H groups in total. The Morgan fingerprint density at radius 1 is 1.30 bits per heavy atom. The second-order valence-corrected chi connectivity index (χ2v) is 4.37. The SMILES string of the molecule is O=c1[nH]c(=S)[nH]c(O)c1C=Nc1ccc2c(c1)OCO2. The molecule has 0 saturated heterocycles. The van der Waals surface area contributed by atoms with Crippen LogP contribution in [0.4, 0.5) is 5.69 Å². The maximum absolute atomic E-state index is 11.6. The number of H-pyrrole nitrogens is 2. The van der Waals surface area contributed by atoms with Crippen LogP contribution in [0.2, 0.25) is 0 Å². The minimum atomic E-state index is -0.518. The van der Waals surface area contributed by atoms with Gasteiger partial charge in [-0.15, -0.1) is 0 Å². The Labute approximate surface area is 117 Å². The summed E-state index contributed by atoms with van der Waals surface area (Å²) in [5, 5.41) is 9.63. The molecule has 0 spiro atoms. The normalized spacial score (nSPS) is 13.0. The minimum absolute atomic E-state index is 0.00346. The van der Waals surface area contributed by atoms with Gasteiger partial charge in [0.2, 0.25) is 12.7 Å². The summed E-state index contributed by atoms with van der Waals surface area (Å²) < 4.78 is 10.5. The first kappa shape index (κ1) is 12.4. The van der Waals surface area contributed by atoms with Crippen molar-refractivity contribution in [1.82, 2.24) is 9.97 Å². The first-order chi connectivity index (χ1) is 9.63. The predicted octanol–water partition coefficient (Wildman–Crippen LogP) is 1.62. The number of fused-ring (bicyclic) bond motifs is 1. The Morgan fingerprint density at radius 2 is 2.10 bits per heavy atom. The summed E-state index contributed by atoms with van der Waals surface area (Å²) in [6.07, 6.45) is 1.25. The highest BCUT2D eigenvalue weighted by Gasteiger charge is 2.13. The van der Waals surface area contributed by atoms with Crippen LogP contribution in [0.5, 0.6) is 17.4 Å². The Morgan fingerprint density at radius 3 is 2.90 bits per heavy atom. The average Bonchev–Trinajstić information content (AvgIpc) is 2.84. The summed E-state index contributed by atoms with van der Waals surface area (Å²) in [6, 6.07) is 5.10. The molecule has 3 rings (SSSR count). The van der Waals surface area contributed by atoms with Crippen molar-refractivity contribution in [1.29, 1.82) is 0 Å². The molecule has 0 amide bonds. The van der Waals surface area contributed by atoms with Gasteiger partial charge in [-0.05, 0) is 24.4 Å². The summed E-state index contributed by atoms with van der Waals surface area (Å²) in [6.45, 7) is 0.179. The molecule has 20 heavy (non-hydrogen) atoms. The fourth-order valence-corrected chi connectivity index (χ4v) is 1.90. The molecule has 0 aliphatic carbocycles. The van der Waals surface area contributed by atoms with Gasteiger partial charge in [-0.2, -0.15) is 0 Å². The van der Waals surface area contributed by atoms with E-state index in [1.54, 1.807) is 18.2 Å². The number of aromatic amines is 2. The molecule has 0 atom stereocenters. The molecule has 102 valence electrons. The van der Waals surface area contributed by atoms with E-state index in [4.69, 9.17) is 21.7 Å². The van der Waals surface area contributed by atoms with Crippen LogP contribution in [-0.4, -0.2) is 28.1 Å². The molecular formula is C12H9N3O4S. The van der Waals surface area contributed by atoms with E-state index in [1.165, 1.54) is 6.21 Å². The largest absolute Gasteiger partial charge is 0.494 e. The van der Waals surface area contributed by atoms with E-state index >= 15 is 0 Å². The van der Waals surface area contributed by atoms with E-state index in [-0.39, 0.29) is 23.0 Å². The maximum atomic E-state index is 11.6. The summed E-state index contributed by atoms with van der Waals surface area (Å²) in [5.41, 5.74) is 0.0440. The van der Waals surface area contributed by atoms with Crippen LogP contribution >= 0.6 is 12.2 Å². The molecule has 1 aromatic heterocycles. The number of ether oxygens (including phenoxy) is 2. The molecule has 8 heteroatoms. The zero-order valence-electron chi connectivity index (χ0n) is 10.0. The number of aliphatic imine (C=N–C) groups is 1. The van der Waals surface area contributed by atoms with Gasteiger partial charge >= 0.3 is 0 Å². The molecule has 0 saturated carbocycles. The van der Waals surface area contributed by atoms with Crippen LogP contribution in [0.1, 0.15) is 5.56 Å². The van der Waals surface area contributed by atoms with Crippen LogP contribution in [0.25, 0.3) is 0 Å². The minimum Gasteiger partial charge on any atom is -0.494 e. The molecule has 2 aromatic rings. The Balaban J connectivity index is 1.95. The van der Waals surface area contributed by atoms with Crippen molar-refractivity contribution < 1.29 is 14.6 Å². The van der Waals surface area contributed by atoms with E-state index < -0.39 is 5.56 Å².